The lowest BCUT2D eigenvalue weighted by atomic mass is 9.71. The van der Waals surface area contributed by atoms with Crippen molar-refractivity contribution in [1.29, 1.82) is 0 Å². The molecule has 148 valence electrons. The predicted molar refractivity (Wildman–Crippen MR) is 99.9 cm³/mol. The summed E-state index contributed by atoms with van der Waals surface area (Å²) in [4.78, 5) is 30.4. The minimum atomic E-state index is -0.994. The average Bonchev–Trinajstić information content (AvgIpc) is 3.16. The van der Waals surface area contributed by atoms with Gasteiger partial charge in [0.1, 0.15) is 12.0 Å². The number of carbonyl (C=O) groups excluding carboxylic acids is 2. The van der Waals surface area contributed by atoms with E-state index in [-0.39, 0.29) is 11.9 Å². The lowest BCUT2D eigenvalue weighted by Crippen LogP contribution is -2.38. The summed E-state index contributed by atoms with van der Waals surface area (Å²) in [6, 6.07) is 3.57. The van der Waals surface area contributed by atoms with Crippen LogP contribution in [0.5, 0.6) is 0 Å². The predicted octanol–water partition coefficient (Wildman–Crippen LogP) is 4.63. The second-order valence-corrected chi connectivity index (χ2v) is 7.86. The number of benzene rings is 1. The first-order chi connectivity index (χ1) is 13.5. The summed E-state index contributed by atoms with van der Waals surface area (Å²) in [5.74, 6) is -3.96. The third-order valence-corrected chi connectivity index (χ3v) is 5.98. The van der Waals surface area contributed by atoms with Crippen LogP contribution < -0.4 is 0 Å². The zero-order valence-electron chi connectivity index (χ0n) is 15.8. The van der Waals surface area contributed by atoms with Gasteiger partial charge in [0, 0.05) is 29.3 Å². The largest absolute Gasteiger partial charge is 0.462 e. The number of Topliss-reactive ketones (excluding diaryl/α,β-unsaturated/α-hetero) is 1. The molecule has 1 aromatic rings. The molecule has 0 aromatic heterocycles. The van der Waals surface area contributed by atoms with Crippen molar-refractivity contribution in [2.45, 2.75) is 63.9 Å². The van der Waals surface area contributed by atoms with Crippen LogP contribution in [-0.2, 0) is 14.3 Å². The van der Waals surface area contributed by atoms with E-state index in [9.17, 15) is 18.4 Å². The normalized spacial score (nSPS) is 25.5. The molecule has 4 rings (SSSR count). The molecule has 1 fully saturated rings. The highest BCUT2D eigenvalue weighted by Crippen LogP contribution is 2.44. The van der Waals surface area contributed by atoms with Gasteiger partial charge in [-0.15, -0.1) is 0 Å². The number of hydrogen-bond donors (Lipinski definition) is 0. The third-order valence-electron chi connectivity index (χ3n) is 5.98. The molecule has 1 saturated carbocycles. The quantitative estimate of drug-likeness (QED) is 0.711. The van der Waals surface area contributed by atoms with Crippen molar-refractivity contribution in [2.75, 3.05) is 0 Å². The molecular formula is C22H23F2NO3. The number of ether oxygens (including phenoxy) is 1. The first-order valence-corrected chi connectivity index (χ1v) is 9.92. The van der Waals surface area contributed by atoms with E-state index in [0.29, 0.717) is 41.8 Å². The Balaban J connectivity index is 1.77. The van der Waals surface area contributed by atoms with Gasteiger partial charge in [-0.2, -0.15) is 0 Å². The van der Waals surface area contributed by atoms with Gasteiger partial charge < -0.3 is 4.74 Å². The highest BCUT2D eigenvalue weighted by atomic mass is 19.2. The van der Waals surface area contributed by atoms with Crippen molar-refractivity contribution in [1.82, 2.24) is 0 Å². The van der Waals surface area contributed by atoms with Gasteiger partial charge in [0.25, 0.3) is 0 Å². The molecule has 0 bridgehead atoms. The molecule has 4 nitrogen and oxygen atoms in total. The van der Waals surface area contributed by atoms with Gasteiger partial charge in [0.05, 0.1) is 0 Å². The van der Waals surface area contributed by atoms with Crippen LogP contribution in [0.4, 0.5) is 8.78 Å². The maximum Gasteiger partial charge on any atom is 0.315 e. The van der Waals surface area contributed by atoms with E-state index in [0.717, 1.165) is 37.8 Å². The van der Waals surface area contributed by atoms with E-state index in [1.54, 1.807) is 6.92 Å². The van der Waals surface area contributed by atoms with E-state index in [1.807, 2.05) is 0 Å². The van der Waals surface area contributed by atoms with Gasteiger partial charge >= 0.3 is 5.97 Å². The van der Waals surface area contributed by atoms with Crippen LogP contribution in [0, 0.1) is 17.6 Å². The Bertz CT molecular complexity index is 884. The summed E-state index contributed by atoms with van der Waals surface area (Å²) in [6.07, 6.45) is 5.31. The summed E-state index contributed by atoms with van der Waals surface area (Å²) in [6.45, 7) is 1.75. The molecule has 0 saturated heterocycles. The topological polar surface area (TPSA) is 55.7 Å². The zero-order chi connectivity index (χ0) is 19.8. The van der Waals surface area contributed by atoms with Gasteiger partial charge in [-0.05, 0) is 63.1 Å². The molecule has 0 spiro atoms. The smallest absolute Gasteiger partial charge is 0.315 e. The van der Waals surface area contributed by atoms with Crippen molar-refractivity contribution in [2.24, 2.45) is 10.9 Å². The third kappa shape index (κ3) is 3.40. The number of aliphatic imine (C=N–C) groups is 1. The lowest BCUT2D eigenvalue weighted by molar-refractivity contribution is -0.151. The van der Waals surface area contributed by atoms with Crippen LogP contribution in [0.2, 0.25) is 0 Å². The van der Waals surface area contributed by atoms with Crippen LogP contribution in [0.25, 0.3) is 0 Å². The van der Waals surface area contributed by atoms with Crippen LogP contribution in [0.1, 0.15) is 63.4 Å². The molecule has 1 aliphatic heterocycles. The number of rotatable bonds is 3. The maximum atomic E-state index is 14.0. The minimum Gasteiger partial charge on any atom is -0.462 e. The fraction of sp³-hybridized carbons (Fsp3) is 0.500. The molecule has 0 amide bonds. The molecular weight excluding hydrogens is 364 g/mol. The van der Waals surface area contributed by atoms with Gasteiger partial charge in [-0.25, -0.2) is 8.78 Å². The van der Waals surface area contributed by atoms with Crippen molar-refractivity contribution in [3.05, 3.63) is 46.7 Å². The van der Waals surface area contributed by atoms with Gasteiger partial charge in [-0.3, -0.25) is 14.6 Å². The van der Waals surface area contributed by atoms with Gasteiger partial charge in [0.2, 0.25) is 0 Å². The zero-order valence-corrected chi connectivity index (χ0v) is 15.8. The second-order valence-electron chi connectivity index (χ2n) is 7.86. The number of carbonyl (C=O) groups is 2. The SMILES string of the molecule is CC1=NC2=C(C(=O)CCC2)[C@@H](c2ccc(F)c(F)c2)C1C(=O)OC1CCCC1. The fourth-order valence-corrected chi connectivity index (χ4v) is 4.62. The van der Waals surface area contributed by atoms with Gasteiger partial charge in [0.15, 0.2) is 17.4 Å². The molecule has 2 aliphatic carbocycles. The summed E-state index contributed by atoms with van der Waals surface area (Å²) < 4.78 is 33.2. The van der Waals surface area contributed by atoms with Crippen LogP contribution in [0.3, 0.4) is 0 Å². The monoisotopic (exact) mass is 387 g/mol. The molecule has 0 radical (unpaired) electrons. The second kappa shape index (κ2) is 7.57. The van der Waals surface area contributed by atoms with E-state index in [1.165, 1.54) is 6.07 Å². The number of halogens is 2. The van der Waals surface area contributed by atoms with Crippen LogP contribution in [0.15, 0.2) is 34.5 Å². The summed E-state index contributed by atoms with van der Waals surface area (Å²) in [7, 11) is 0. The Kier molecular flexibility index (Phi) is 5.13. The van der Waals surface area contributed by atoms with E-state index in [4.69, 9.17) is 4.74 Å². The number of ketones is 1. The summed E-state index contributed by atoms with van der Waals surface area (Å²) in [5, 5.41) is 0. The number of esters is 1. The Morgan fingerprint density at radius 3 is 2.57 bits per heavy atom. The van der Waals surface area contributed by atoms with E-state index >= 15 is 0 Å². The Morgan fingerprint density at radius 1 is 1.11 bits per heavy atom. The summed E-state index contributed by atoms with van der Waals surface area (Å²) in [5.41, 5.74) is 2.08. The Labute approximate surface area is 162 Å². The van der Waals surface area contributed by atoms with Crippen molar-refractivity contribution >= 4 is 17.5 Å². The highest BCUT2D eigenvalue weighted by molar-refractivity contribution is 6.08. The molecule has 2 atom stereocenters. The summed E-state index contributed by atoms with van der Waals surface area (Å²) >= 11 is 0. The molecule has 1 aromatic carbocycles. The number of hydrogen-bond acceptors (Lipinski definition) is 4. The number of nitrogens with zero attached hydrogens (tertiary/aromatic N) is 1. The minimum absolute atomic E-state index is 0.0779. The fourth-order valence-electron chi connectivity index (χ4n) is 4.62. The van der Waals surface area contributed by atoms with E-state index < -0.39 is 29.4 Å². The molecule has 6 heteroatoms. The highest BCUT2D eigenvalue weighted by Gasteiger charge is 2.44. The molecule has 3 aliphatic rings. The molecule has 1 heterocycles. The molecule has 28 heavy (non-hydrogen) atoms. The first kappa shape index (κ1) is 19.0. The van der Waals surface area contributed by atoms with Gasteiger partial charge in [-0.1, -0.05) is 6.07 Å². The Morgan fingerprint density at radius 2 is 1.86 bits per heavy atom. The van der Waals surface area contributed by atoms with Crippen LogP contribution in [-0.4, -0.2) is 23.6 Å². The van der Waals surface area contributed by atoms with E-state index in [2.05, 4.69) is 4.99 Å². The molecule has 0 N–H and O–H groups in total. The average molecular weight is 387 g/mol. The standard InChI is InChI=1S/C22H23F2NO3/c1-12-19(22(27)28-14-5-2-3-6-14)20(13-9-10-15(23)16(24)11-13)21-17(25-12)7-4-8-18(21)26/h9-11,14,19-20H,2-8H2,1H3/t19?,20-/m0/s1. The molecule has 1 unspecified atom stereocenters. The number of allylic oxidation sites excluding steroid dienone is 2. The van der Waals surface area contributed by atoms with Crippen molar-refractivity contribution < 1.29 is 23.1 Å². The Hall–Kier alpha value is -2.37. The first-order valence-electron chi connectivity index (χ1n) is 9.92. The van der Waals surface area contributed by atoms with Crippen LogP contribution >= 0.6 is 0 Å². The lowest BCUT2D eigenvalue weighted by Gasteiger charge is -2.35. The van der Waals surface area contributed by atoms with Crippen molar-refractivity contribution in [3.8, 4) is 0 Å². The van der Waals surface area contributed by atoms with Crippen molar-refractivity contribution in [3.63, 3.8) is 0 Å². The maximum absolute atomic E-state index is 14.0.